The fourth-order valence-electron chi connectivity index (χ4n) is 4.50. The maximum Gasteiger partial charge on any atom is 0.259 e. The van der Waals surface area contributed by atoms with Crippen LogP contribution in [0.3, 0.4) is 0 Å². The molecule has 3 N–H and O–H groups in total. The minimum atomic E-state index is -3.71. The molecule has 12 nitrogen and oxygen atoms in total. The predicted molar refractivity (Wildman–Crippen MR) is 125 cm³/mol. The van der Waals surface area contributed by atoms with Crippen LogP contribution in [0.15, 0.2) is 24.9 Å². The lowest BCUT2D eigenvalue weighted by atomic mass is 10.1. The van der Waals surface area contributed by atoms with Crippen molar-refractivity contribution in [3.05, 3.63) is 24.9 Å². The minimum absolute atomic E-state index is 0.299. The van der Waals surface area contributed by atoms with Crippen molar-refractivity contribution in [3.63, 3.8) is 0 Å². The fourth-order valence-corrected chi connectivity index (χ4v) is 5.86. The third-order valence-electron chi connectivity index (χ3n) is 6.85. The monoisotopic (exact) mass is 506 g/mol. The number of amides is 2. The number of aromatic nitrogens is 2. The van der Waals surface area contributed by atoms with Gasteiger partial charge in [-0.3, -0.25) is 14.3 Å². The van der Waals surface area contributed by atoms with E-state index in [0.29, 0.717) is 70.4 Å². The van der Waals surface area contributed by atoms with Crippen molar-refractivity contribution in [1.82, 2.24) is 25.3 Å². The van der Waals surface area contributed by atoms with E-state index in [1.165, 1.54) is 0 Å². The van der Waals surface area contributed by atoms with Crippen molar-refractivity contribution in [2.45, 2.75) is 48.6 Å². The van der Waals surface area contributed by atoms with E-state index in [2.05, 4.69) is 31.9 Å². The number of rotatable bonds is 9. The molecule has 4 atom stereocenters. The standard InChI is InChI=1S/C22H30N6O6S/c1-2-14-12-22(14,20(30)27-35(31,32)16-3-4-16)26-19(29)17-11-15(13-24-17)34-18-5-6-23-21(25-18)28-7-9-33-10-8-28/h2,5-6,14-17,24H,1,3-4,7-13H2,(H,26,29)(H,27,30)/t14?,15-,17+,22?/m1/s1. The van der Waals surface area contributed by atoms with Crippen LogP contribution in [0.5, 0.6) is 5.88 Å². The molecule has 3 heterocycles. The summed E-state index contributed by atoms with van der Waals surface area (Å²) in [5.41, 5.74) is -1.29. The van der Waals surface area contributed by atoms with Gasteiger partial charge >= 0.3 is 0 Å². The van der Waals surface area contributed by atoms with Gasteiger partial charge in [0.15, 0.2) is 0 Å². The molecule has 5 rings (SSSR count). The second-order valence-corrected chi connectivity index (χ2v) is 11.4. The van der Waals surface area contributed by atoms with E-state index in [1.54, 1.807) is 18.3 Å². The first-order valence-electron chi connectivity index (χ1n) is 11.9. The van der Waals surface area contributed by atoms with Crippen molar-refractivity contribution in [2.75, 3.05) is 37.7 Å². The molecule has 2 saturated carbocycles. The molecule has 2 saturated heterocycles. The third-order valence-corrected chi connectivity index (χ3v) is 8.67. The molecule has 2 unspecified atom stereocenters. The summed E-state index contributed by atoms with van der Waals surface area (Å²) in [5.74, 6) is -0.413. The normalized spacial score (nSPS) is 30.4. The van der Waals surface area contributed by atoms with Crippen LogP contribution in [0, 0.1) is 5.92 Å². The molecule has 0 spiro atoms. The minimum Gasteiger partial charge on any atom is -0.473 e. The fraction of sp³-hybridized carbons (Fsp3) is 0.636. The average Bonchev–Trinajstić information content (AvgIpc) is 3.77. The first kappa shape index (κ1) is 23.9. The summed E-state index contributed by atoms with van der Waals surface area (Å²) in [6.07, 6.45) is 4.68. The van der Waals surface area contributed by atoms with Crippen LogP contribution in [-0.4, -0.2) is 86.0 Å². The number of nitrogens with one attached hydrogen (secondary N) is 3. The molecule has 190 valence electrons. The summed E-state index contributed by atoms with van der Waals surface area (Å²) in [5, 5.41) is 5.37. The summed E-state index contributed by atoms with van der Waals surface area (Å²) in [6, 6.07) is 1.09. The zero-order valence-electron chi connectivity index (χ0n) is 19.3. The summed E-state index contributed by atoms with van der Waals surface area (Å²) in [4.78, 5) is 36.7. The summed E-state index contributed by atoms with van der Waals surface area (Å²) >= 11 is 0. The Hall–Kier alpha value is -2.77. The molecule has 2 amide bonds. The topological polar surface area (TPSA) is 152 Å². The number of sulfonamides is 1. The maximum atomic E-state index is 13.0. The lowest BCUT2D eigenvalue weighted by molar-refractivity contribution is -0.130. The Morgan fingerprint density at radius 2 is 2.09 bits per heavy atom. The van der Waals surface area contributed by atoms with E-state index in [1.807, 2.05) is 4.90 Å². The zero-order chi connectivity index (χ0) is 24.6. The number of morpholine rings is 1. The number of carbonyl (C=O) groups excluding carboxylic acids is 2. The number of carbonyl (C=O) groups is 2. The van der Waals surface area contributed by atoms with Crippen LogP contribution in [0.4, 0.5) is 5.95 Å². The van der Waals surface area contributed by atoms with E-state index in [4.69, 9.17) is 9.47 Å². The molecule has 0 radical (unpaired) electrons. The molecule has 4 fully saturated rings. The highest BCUT2D eigenvalue weighted by molar-refractivity contribution is 7.91. The number of hydrogen-bond donors (Lipinski definition) is 3. The molecule has 1 aromatic rings. The van der Waals surface area contributed by atoms with Gasteiger partial charge < -0.3 is 25.0 Å². The van der Waals surface area contributed by atoms with E-state index in [9.17, 15) is 18.0 Å². The first-order chi connectivity index (χ1) is 16.8. The highest BCUT2D eigenvalue weighted by Crippen LogP contribution is 2.45. The van der Waals surface area contributed by atoms with Gasteiger partial charge in [0.2, 0.25) is 27.8 Å². The number of hydrogen-bond acceptors (Lipinski definition) is 10. The van der Waals surface area contributed by atoms with Crippen molar-refractivity contribution < 1.29 is 27.5 Å². The van der Waals surface area contributed by atoms with Gasteiger partial charge in [-0.15, -0.1) is 6.58 Å². The Kier molecular flexibility index (Phi) is 6.40. The summed E-state index contributed by atoms with van der Waals surface area (Å²) in [7, 11) is -3.71. The summed E-state index contributed by atoms with van der Waals surface area (Å²) < 4.78 is 38.0. The number of nitrogens with zero attached hydrogens (tertiary/aromatic N) is 3. The van der Waals surface area contributed by atoms with Crippen LogP contribution in [0.2, 0.25) is 0 Å². The zero-order valence-corrected chi connectivity index (χ0v) is 20.1. The third kappa shape index (κ3) is 5.11. The van der Waals surface area contributed by atoms with Crippen molar-refractivity contribution in [2.24, 2.45) is 5.92 Å². The largest absolute Gasteiger partial charge is 0.473 e. The van der Waals surface area contributed by atoms with Gasteiger partial charge in [-0.1, -0.05) is 6.08 Å². The number of ether oxygens (including phenoxy) is 2. The van der Waals surface area contributed by atoms with Gasteiger partial charge in [0.25, 0.3) is 5.91 Å². The molecule has 2 aliphatic heterocycles. The quantitative estimate of drug-likeness (QED) is 0.359. The van der Waals surface area contributed by atoms with Gasteiger partial charge in [0.05, 0.1) is 24.5 Å². The molecule has 0 bridgehead atoms. The molecular weight excluding hydrogens is 476 g/mol. The Balaban J connectivity index is 1.17. The van der Waals surface area contributed by atoms with Gasteiger partial charge in [-0.05, 0) is 19.3 Å². The Labute approximate surface area is 203 Å². The molecule has 35 heavy (non-hydrogen) atoms. The summed E-state index contributed by atoms with van der Waals surface area (Å²) in [6.45, 7) is 6.79. The average molecular weight is 507 g/mol. The van der Waals surface area contributed by atoms with Crippen molar-refractivity contribution >= 4 is 27.8 Å². The van der Waals surface area contributed by atoms with Crippen LogP contribution >= 0.6 is 0 Å². The molecule has 4 aliphatic rings. The van der Waals surface area contributed by atoms with E-state index in [-0.39, 0.29) is 17.9 Å². The van der Waals surface area contributed by atoms with Gasteiger partial charge in [-0.2, -0.15) is 4.98 Å². The van der Waals surface area contributed by atoms with Crippen molar-refractivity contribution in [1.29, 1.82) is 0 Å². The van der Waals surface area contributed by atoms with E-state index < -0.39 is 32.8 Å². The van der Waals surface area contributed by atoms with Gasteiger partial charge in [0.1, 0.15) is 11.6 Å². The van der Waals surface area contributed by atoms with Crippen LogP contribution < -0.4 is 25.0 Å². The molecule has 0 aromatic carbocycles. The second kappa shape index (κ2) is 9.36. The van der Waals surface area contributed by atoms with Crippen molar-refractivity contribution in [3.8, 4) is 5.88 Å². The predicted octanol–water partition coefficient (Wildman–Crippen LogP) is -0.908. The van der Waals surface area contributed by atoms with E-state index in [0.717, 1.165) is 0 Å². The smallest absolute Gasteiger partial charge is 0.259 e. The maximum absolute atomic E-state index is 13.0. The highest BCUT2D eigenvalue weighted by Gasteiger charge is 2.61. The molecule has 13 heteroatoms. The Morgan fingerprint density at radius 3 is 2.77 bits per heavy atom. The van der Waals surface area contributed by atoms with Crippen LogP contribution in [-0.2, 0) is 24.3 Å². The molecule has 2 aliphatic carbocycles. The lowest BCUT2D eigenvalue weighted by Crippen LogP contribution is -2.55. The van der Waals surface area contributed by atoms with Gasteiger partial charge in [-0.25, -0.2) is 13.4 Å². The van der Waals surface area contributed by atoms with Crippen LogP contribution in [0.1, 0.15) is 25.7 Å². The van der Waals surface area contributed by atoms with Gasteiger partial charge in [0, 0.05) is 44.2 Å². The lowest BCUT2D eigenvalue weighted by Gasteiger charge is -2.26. The first-order valence-corrected chi connectivity index (χ1v) is 13.4. The number of anilines is 1. The second-order valence-electron chi connectivity index (χ2n) is 9.41. The van der Waals surface area contributed by atoms with Crippen LogP contribution in [0.25, 0.3) is 0 Å². The molecular formula is C22H30N6O6S. The molecule has 1 aromatic heterocycles. The SMILES string of the molecule is C=CC1CC1(NC(=O)[C@@H]1C[C@@H](Oc2ccnc(N3CCOCC3)n2)CN1)C(=O)NS(=O)(=O)C1CC1. The Morgan fingerprint density at radius 1 is 1.31 bits per heavy atom. The Bertz CT molecular complexity index is 1110. The van der Waals surface area contributed by atoms with E-state index >= 15 is 0 Å². The highest BCUT2D eigenvalue weighted by atomic mass is 32.2.